The fraction of sp³-hybridized carbons (Fsp3) is 0.333. The Kier molecular flexibility index (Phi) is 27.4. The highest BCUT2D eigenvalue weighted by Gasteiger charge is 2.24. The van der Waals surface area contributed by atoms with Gasteiger partial charge in [-0.1, -0.05) is 56.4 Å². The summed E-state index contributed by atoms with van der Waals surface area (Å²) < 4.78 is 141. The van der Waals surface area contributed by atoms with Gasteiger partial charge in [0.25, 0.3) is 0 Å². The number of carboxylic acids is 1. The molecule has 0 heterocycles. The number of hydrogen-bond acceptors (Lipinski definition) is 13. The molecule has 0 saturated heterocycles. The Bertz CT molecular complexity index is 2230. The summed E-state index contributed by atoms with van der Waals surface area (Å²) >= 11 is 0. The summed E-state index contributed by atoms with van der Waals surface area (Å²) in [5, 5.41) is 19.3. The van der Waals surface area contributed by atoms with Gasteiger partial charge in [-0.3, -0.25) is 55.4 Å². The van der Waals surface area contributed by atoms with Gasteiger partial charge in [0, 0.05) is 28.0 Å². The highest BCUT2D eigenvalue weighted by Crippen LogP contribution is 2.44. The molecule has 61 heavy (non-hydrogen) atoms. The highest BCUT2D eigenvalue weighted by atomic mass is 32.2. The Morgan fingerprint density at radius 2 is 0.689 bits per heavy atom. The van der Waals surface area contributed by atoms with Crippen LogP contribution in [0.4, 0.5) is 0 Å². The summed E-state index contributed by atoms with van der Waals surface area (Å²) in [5.74, 6) is -0.916. The third kappa shape index (κ3) is 21.7. The van der Waals surface area contributed by atoms with Crippen molar-refractivity contribution in [3.63, 3.8) is 0 Å². The molecule has 4 aromatic carbocycles. The lowest BCUT2D eigenvalue weighted by Crippen LogP contribution is -2.51. The van der Waals surface area contributed by atoms with Crippen molar-refractivity contribution >= 4 is 96.6 Å². The smallest absolute Gasteiger partial charge is 0.336 e. The first-order valence-electron chi connectivity index (χ1n) is 16.4. The third-order valence-corrected chi connectivity index (χ3v) is 10.7. The largest absolute Gasteiger partial charge is 0.744 e. The van der Waals surface area contributed by atoms with E-state index in [1.807, 2.05) is 0 Å². The molecule has 350 valence electrons. The molecular formula is C30H54N10O17S4. The summed E-state index contributed by atoms with van der Waals surface area (Å²) in [6.45, 7) is 1.05. The number of carboxylic acid groups (broad SMARTS) is 1. The maximum absolute atomic E-state index is 11.8. The number of rotatable bonds is 14. The van der Waals surface area contributed by atoms with Crippen molar-refractivity contribution in [2.45, 2.75) is 77.4 Å². The zero-order chi connectivity index (χ0) is 45.4. The first-order valence-corrected chi connectivity index (χ1v) is 22.1. The van der Waals surface area contributed by atoms with E-state index in [0.717, 1.165) is 43.7 Å². The summed E-state index contributed by atoms with van der Waals surface area (Å²) in [5.41, 5.74) is 31.3. The van der Waals surface area contributed by atoms with E-state index in [2.05, 4.69) is 56.4 Å². The van der Waals surface area contributed by atoms with Gasteiger partial charge in [0.1, 0.15) is 40.5 Å². The molecule has 0 radical (unpaired) electrons. The number of benzene rings is 4. The van der Waals surface area contributed by atoms with Crippen molar-refractivity contribution in [3.05, 3.63) is 36.4 Å². The van der Waals surface area contributed by atoms with Gasteiger partial charge in [-0.2, -0.15) is 0 Å². The van der Waals surface area contributed by atoms with Crippen LogP contribution in [0.1, 0.15) is 57.8 Å². The summed E-state index contributed by atoms with van der Waals surface area (Å²) in [6.07, 6.45) is 9.87. The molecule has 0 bridgehead atoms. The van der Waals surface area contributed by atoms with Crippen LogP contribution in [0.3, 0.4) is 0 Å². The minimum atomic E-state index is -5.40. The average molecular weight is 955 g/mol. The van der Waals surface area contributed by atoms with Gasteiger partial charge in [-0.05, 0) is 42.2 Å². The lowest BCUT2D eigenvalue weighted by molar-refractivity contribution is -0.368. The molecule has 0 unspecified atom stereocenters. The summed E-state index contributed by atoms with van der Waals surface area (Å²) in [6, 6.07) is 4.27. The Hall–Kier alpha value is -5.32. The van der Waals surface area contributed by atoms with Crippen LogP contribution in [0, 0.1) is 0 Å². The van der Waals surface area contributed by atoms with Gasteiger partial charge in [0.2, 0.25) is 0 Å². The van der Waals surface area contributed by atoms with Gasteiger partial charge in [-0.15, -0.1) is 0 Å². The average Bonchev–Trinajstić information content (AvgIpc) is 3.03. The first-order chi connectivity index (χ1) is 26.4. The summed E-state index contributed by atoms with van der Waals surface area (Å²) in [4.78, 5) is 5.57. The standard InChI is InChI=1S/C16H10O12S4.C11H23NO2.3CH5N3.3H2O/c17-29(18,19)11-5-13(31(23,24)25)9-3-4-10-14(32(26,27)28)6-12(30(20,21)22)8-2-1-7(11)15(9)16(8)10;12-10-8-6-4-2-1-3-5-7-9-11(13)14;3*2-1(3)4;;;/h1-6H,(H,17,18,19)(H,20,21,22)(H,23,24,25)(H,26,27,28);1-10,12H2,(H,13,14);3*(H5,2,3,4);3*1H2. The van der Waals surface area contributed by atoms with Crippen LogP contribution in [0.25, 0.3) is 32.3 Å². The second-order valence-electron chi connectivity index (χ2n) is 12.0. The Morgan fingerprint density at radius 1 is 0.492 bits per heavy atom. The topological polar surface area (TPSA) is 621 Å². The maximum Gasteiger partial charge on any atom is 0.336 e. The van der Waals surface area contributed by atoms with E-state index in [0.29, 0.717) is 18.6 Å². The van der Waals surface area contributed by atoms with Crippen molar-refractivity contribution in [1.29, 1.82) is 0 Å². The first kappa shape index (κ1) is 62.3. The molecule has 0 aliphatic heterocycles. The quantitative estimate of drug-likeness (QED) is 0.0184. The monoisotopic (exact) mass is 954 g/mol. The van der Waals surface area contributed by atoms with Gasteiger partial charge in [-0.25, -0.2) is 33.7 Å². The Morgan fingerprint density at radius 3 is 0.869 bits per heavy atom. The van der Waals surface area contributed by atoms with Crippen LogP contribution >= 0.6 is 0 Å². The molecule has 0 saturated carbocycles. The van der Waals surface area contributed by atoms with E-state index in [1.54, 1.807) is 0 Å². The van der Waals surface area contributed by atoms with Crippen LogP contribution in [0.5, 0.6) is 0 Å². The minimum absolute atomic E-state index is 0. The molecule has 0 amide bonds. The highest BCUT2D eigenvalue weighted by molar-refractivity contribution is 7.87. The Labute approximate surface area is 350 Å². The predicted molar refractivity (Wildman–Crippen MR) is 216 cm³/mol. The lowest BCUT2D eigenvalue weighted by atomic mass is 9.94. The van der Waals surface area contributed by atoms with Gasteiger partial charge in [0.05, 0.1) is 26.1 Å². The molecule has 0 fully saturated rings. The molecular weight excluding hydrogens is 901 g/mol. The van der Waals surface area contributed by atoms with Crippen LogP contribution in [0.2, 0.25) is 0 Å². The molecule has 0 aromatic heterocycles. The number of guanidine groups is 3. The van der Waals surface area contributed by atoms with Crippen molar-refractivity contribution in [3.8, 4) is 0 Å². The zero-order valence-electron chi connectivity index (χ0n) is 32.3. The van der Waals surface area contributed by atoms with E-state index in [1.165, 1.54) is 38.5 Å². The van der Waals surface area contributed by atoms with Gasteiger partial charge in [0.15, 0.2) is 0 Å². The molecule has 0 aliphatic rings. The van der Waals surface area contributed by atoms with E-state index in [4.69, 9.17) is 5.11 Å². The fourth-order valence-electron chi connectivity index (χ4n) is 5.21. The second kappa shape index (κ2) is 26.8. The minimum Gasteiger partial charge on any atom is -0.744 e. The normalized spacial score (nSPS) is 10.9. The molecule has 4 rings (SSSR count). The molecule has 4 aromatic rings. The summed E-state index contributed by atoms with van der Waals surface area (Å²) in [7, 11) is -21.6. The lowest BCUT2D eigenvalue weighted by Gasteiger charge is -2.23. The van der Waals surface area contributed by atoms with E-state index >= 15 is 0 Å². The van der Waals surface area contributed by atoms with E-state index in [9.17, 15) is 56.7 Å². The molecule has 31 heteroatoms. The van der Waals surface area contributed by atoms with Crippen molar-refractivity contribution < 1.29 is 100 Å². The van der Waals surface area contributed by atoms with E-state index in [-0.39, 0.29) is 34.3 Å². The number of aliphatic carboxylic acids is 1. The SMILES string of the molecule is NC(N)=[NH2+].NC(N)=[NH2+].NC(N)=[NH2+].O.O.O.O=S(=O)([O-])c1cc(S(=O)(=O)[O-])c2ccc3c(S(=O)(=O)[O-])cc(S(=O)(=O)[O-])c4ccc1c2c43.[NH3+]CCCCCCCCCCC(=O)O. The van der Waals surface area contributed by atoms with Crippen LogP contribution in [-0.4, -0.2) is 104 Å². The number of carbonyl (C=O) groups is 1. The van der Waals surface area contributed by atoms with Crippen LogP contribution in [0.15, 0.2) is 56.0 Å². The van der Waals surface area contributed by atoms with Crippen LogP contribution < -0.4 is 56.4 Å². The third-order valence-electron chi connectivity index (χ3n) is 7.21. The molecule has 0 spiro atoms. The van der Waals surface area contributed by atoms with Crippen molar-refractivity contribution in [2.24, 2.45) is 34.4 Å². The maximum atomic E-state index is 11.8. The van der Waals surface area contributed by atoms with Crippen LogP contribution in [-0.2, 0) is 45.3 Å². The van der Waals surface area contributed by atoms with E-state index < -0.39 is 98.3 Å². The number of unbranched alkanes of at least 4 members (excludes halogenated alkanes) is 7. The second-order valence-corrected chi connectivity index (χ2v) is 17.4. The van der Waals surface area contributed by atoms with Crippen molar-refractivity contribution in [1.82, 2.24) is 0 Å². The van der Waals surface area contributed by atoms with Gasteiger partial charge < -0.3 is 45.5 Å². The van der Waals surface area contributed by atoms with Gasteiger partial charge >= 0.3 is 23.8 Å². The molecule has 0 aliphatic carbocycles. The zero-order valence-corrected chi connectivity index (χ0v) is 35.6. The number of hydrogen-bond donors (Lipinski definition) is 11. The molecule has 0 atom stereocenters. The predicted octanol–water partition coefficient (Wildman–Crippen LogP) is -9.39. The molecule has 28 N–H and O–H groups in total. The molecule has 27 nitrogen and oxygen atoms in total. The van der Waals surface area contributed by atoms with Crippen molar-refractivity contribution in [2.75, 3.05) is 6.54 Å². The fourth-order valence-corrected chi connectivity index (χ4v) is 8.16. The number of nitrogens with two attached hydrogens (primary N) is 9. The number of quaternary nitrogens is 1. The Balaban J connectivity index is -0.000000468.